The Bertz CT molecular complexity index is 581. The van der Waals surface area contributed by atoms with Gasteiger partial charge in [-0.1, -0.05) is 23.2 Å². The standard InChI is InChI=1S/C13H18Cl2N2O2S/c1-8-5-10(3-4-16-8)17-20(18,19)11-6-12(14)9(2)13(15)7-11/h6-8,10,16-17H,3-5H2,1-2H3. The molecule has 0 saturated carbocycles. The van der Waals surface area contributed by atoms with Crippen LogP contribution in [0.3, 0.4) is 0 Å². The van der Waals surface area contributed by atoms with E-state index in [4.69, 9.17) is 23.2 Å². The van der Waals surface area contributed by atoms with Crippen molar-refractivity contribution in [1.29, 1.82) is 0 Å². The molecule has 7 heteroatoms. The summed E-state index contributed by atoms with van der Waals surface area (Å²) >= 11 is 12.0. The maximum absolute atomic E-state index is 12.4. The van der Waals surface area contributed by atoms with Gasteiger partial charge in [0.1, 0.15) is 0 Å². The lowest BCUT2D eigenvalue weighted by Crippen LogP contribution is -2.46. The SMILES string of the molecule is Cc1c(Cl)cc(S(=O)(=O)NC2CCNC(C)C2)cc1Cl. The van der Waals surface area contributed by atoms with E-state index in [1.165, 1.54) is 12.1 Å². The largest absolute Gasteiger partial charge is 0.314 e. The van der Waals surface area contributed by atoms with E-state index in [2.05, 4.69) is 10.0 Å². The zero-order valence-electron chi connectivity index (χ0n) is 11.4. The van der Waals surface area contributed by atoms with E-state index in [1.807, 2.05) is 6.92 Å². The smallest absolute Gasteiger partial charge is 0.240 e. The molecule has 4 nitrogen and oxygen atoms in total. The molecule has 1 aromatic carbocycles. The molecular formula is C13H18Cl2N2O2S. The molecule has 2 rings (SSSR count). The molecule has 1 aromatic rings. The molecule has 0 spiro atoms. The van der Waals surface area contributed by atoms with Crippen LogP contribution in [0.5, 0.6) is 0 Å². The predicted molar refractivity (Wildman–Crippen MR) is 82.0 cm³/mol. The number of sulfonamides is 1. The summed E-state index contributed by atoms with van der Waals surface area (Å²) in [7, 11) is -3.59. The van der Waals surface area contributed by atoms with Gasteiger partial charge in [0, 0.05) is 22.1 Å². The molecule has 1 saturated heterocycles. The van der Waals surface area contributed by atoms with Crippen molar-refractivity contribution in [1.82, 2.24) is 10.0 Å². The molecule has 0 aliphatic carbocycles. The molecule has 1 aliphatic rings. The van der Waals surface area contributed by atoms with Gasteiger partial charge in [0.05, 0.1) is 4.90 Å². The normalized spacial score (nSPS) is 23.8. The van der Waals surface area contributed by atoms with Crippen molar-refractivity contribution in [2.45, 2.75) is 43.7 Å². The van der Waals surface area contributed by atoms with Crippen LogP contribution in [-0.2, 0) is 10.0 Å². The molecule has 1 heterocycles. The summed E-state index contributed by atoms with van der Waals surface area (Å²) in [5.74, 6) is 0. The van der Waals surface area contributed by atoms with Gasteiger partial charge in [0.2, 0.25) is 10.0 Å². The van der Waals surface area contributed by atoms with E-state index in [0.29, 0.717) is 21.7 Å². The van der Waals surface area contributed by atoms with Crippen LogP contribution in [0.2, 0.25) is 10.0 Å². The first-order valence-corrected chi connectivity index (χ1v) is 8.75. The second-order valence-corrected chi connectivity index (χ2v) is 7.74. The van der Waals surface area contributed by atoms with E-state index in [-0.39, 0.29) is 10.9 Å². The Labute approximate surface area is 129 Å². The third-order valence-electron chi connectivity index (χ3n) is 3.51. The number of piperidine rings is 1. The van der Waals surface area contributed by atoms with Gasteiger partial charge in [-0.3, -0.25) is 0 Å². The molecule has 2 atom stereocenters. The van der Waals surface area contributed by atoms with Crippen molar-refractivity contribution in [2.75, 3.05) is 6.54 Å². The van der Waals surface area contributed by atoms with Crippen LogP contribution in [0.15, 0.2) is 17.0 Å². The Morgan fingerprint density at radius 1 is 1.30 bits per heavy atom. The predicted octanol–water partition coefficient (Wildman–Crippen LogP) is 2.72. The summed E-state index contributed by atoms with van der Waals surface area (Å²) in [6.07, 6.45) is 1.55. The molecule has 0 aromatic heterocycles. The number of benzene rings is 1. The molecule has 2 unspecified atom stereocenters. The van der Waals surface area contributed by atoms with Crippen molar-refractivity contribution in [3.05, 3.63) is 27.7 Å². The third kappa shape index (κ3) is 3.65. The van der Waals surface area contributed by atoms with Gasteiger partial charge in [-0.25, -0.2) is 13.1 Å². The van der Waals surface area contributed by atoms with Crippen LogP contribution in [0.25, 0.3) is 0 Å². The highest BCUT2D eigenvalue weighted by atomic mass is 35.5. The average Bonchev–Trinajstić information content (AvgIpc) is 2.34. The third-order valence-corrected chi connectivity index (χ3v) is 5.80. The van der Waals surface area contributed by atoms with Crippen molar-refractivity contribution in [2.24, 2.45) is 0 Å². The Hall–Kier alpha value is -0.330. The second kappa shape index (κ2) is 6.20. The monoisotopic (exact) mass is 336 g/mol. The maximum atomic E-state index is 12.4. The highest BCUT2D eigenvalue weighted by Crippen LogP contribution is 2.28. The Morgan fingerprint density at radius 2 is 1.90 bits per heavy atom. The fourth-order valence-corrected chi connectivity index (χ4v) is 4.26. The molecule has 20 heavy (non-hydrogen) atoms. The maximum Gasteiger partial charge on any atom is 0.240 e. The van der Waals surface area contributed by atoms with Gasteiger partial charge in [0.15, 0.2) is 0 Å². The van der Waals surface area contributed by atoms with Gasteiger partial charge >= 0.3 is 0 Å². The minimum Gasteiger partial charge on any atom is -0.314 e. The molecule has 1 aliphatic heterocycles. The Morgan fingerprint density at radius 3 is 2.45 bits per heavy atom. The van der Waals surface area contributed by atoms with Gasteiger partial charge in [-0.15, -0.1) is 0 Å². The zero-order valence-corrected chi connectivity index (χ0v) is 13.7. The molecule has 0 amide bonds. The van der Waals surface area contributed by atoms with Crippen LogP contribution in [0, 0.1) is 6.92 Å². The number of halogens is 2. The van der Waals surface area contributed by atoms with Gasteiger partial charge in [-0.2, -0.15) is 0 Å². The van der Waals surface area contributed by atoms with Crippen LogP contribution in [0.1, 0.15) is 25.3 Å². The molecular weight excluding hydrogens is 319 g/mol. The molecule has 112 valence electrons. The summed E-state index contributed by atoms with van der Waals surface area (Å²) in [5, 5.41) is 4.00. The Balaban J connectivity index is 2.22. The van der Waals surface area contributed by atoms with E-state index in [9.17, 15) is 8.42 Å². The lowest BCUT2D eigenvalue weighted by molar-refractivity contribution is 0.361. The molecule has 0 radical (unpaired) electrons. The van der Waals surface area contributed by atoms with Crippen molar-refractivity contribution in [3.63, 3.8) is 0 Å². The quantitative estimate of drug-likeness (QED) is 0.892. The van der Waals surface area contributed by atoms with Crippen LogP contribution < -0.4 is 10.0 Å². The van der Waals surface area contributed by atoms with Crippen molar-refractivity contribution < 1.29 is 8.42 Å². The van der Waals surface area contributed by atoms with Crippen molar-refractivity contribution in [3.8, 4) is 0 Å². The molecule has 0 bridgehead atoms. The zero-order chi connectivity index (χ0) is 14.9. The highest BCUT2D eigenvalue weighted by molar-refractivity contribution is 7.89. The fourth-order valence-electron chi connectivity index (χ4n) is 2.30. The molecule has 2 N–H and O–H groups in total. The number of rotatable bonds is 3. The van der Waals surface area contributed by atoms with E-state index in [0.717, 1.165) is 19.4 Å². The first-order valence-electron chi connectivity index (χ1n) is 6.51. The first kappa shape index (κ1) is 16.0. The van der Waals surface area contributed by atoms with Crippen molar-refractivity contribution >= 4 is 33.2 Å². The lowest BCUT2D eigenvalue weighted by atomic mass is 10.0. The summed E-state index contributed by atoms with van der Waals surface area (Å²) in [6, 6.07) is 3.13. The summed E-state index contributed by atoms with van der Waals surface area (Å²) in [4.78, 5) is 0.115. The average molecular weight is 337 g/mol. The summed E-state index contributed by atoms with van der Waals surface area (Å²) < 4.78 is 27.5. The highest BCUT2D eigenvalue weighted by Gasteiger charge is 2.25. The van der Waals surface area contributed by atoms with Crippen LogP contribution >= 0.6 is 23.2 Å². The fraction of sp³-hybridized carbons (Fsp3) is 0.538. The topological polar surface area (TPSA) is 58.2 Å². The minimum absolute atomic E-state index is 0.0601. The van der Waals surface area contributed by atoms with E-state index >= 15 is 0 Å². The van der Waals surface area contributed by atoms with E-state index < -0.39 is 10.0 Å². The van der Waals surface area contributed by atoms with Gasteiger partial charge < -0.3 is 5.32 Å². The number of nitrogens with one attached hydrogen (secondary N) is 2. The number of hydrogen-bond donors (Lipinski definition) is 2. The summed E-state index contributed by atoms with van der Waals surface area (Å²) in [6.45, 7) is 4.60. The van der Waals surface area contributed by atoms with Crippen LogP contribution in [-0.4, -0.2) is 27.0 Å². The first-order chi connectivity index (χ1) is 9.29. The van der Waals surface area contributed by atoms with Gasteiger partial charge in [0.25, 0.3) is 0 Å². The minimum atomic E-state index is -3.59. The molecule has 1 fully saturated rings. The van der Waals surface area contributed by atoms with Gasteiger partial charge in [-0.05, 0) is 50.9 Å². The second-order valence-electron chi connectivity index (χ2n) is 5.21. The summed E-state index contributed by atoms with van der Waals surface area (Å²) in [5.41, 5.74) is 0.683. The van der Waals surface area contributed by atoms with Crippen LogP contribution in [0.4, 0.5) is 0 Å². The lowest BCUT2D eigenvalue weighted by Gasteiger charge is -2.28. The number of hydrogen-bond acceptors (Lipinski definition) is 3. The van der Waals surface area contributed by atoms with E-state index in [1.54, 1.807) is 6.92 Å². The Kier molecular flexibility index (Phi) is 4.97.